The first-order valence-corrected chi connectivity index (χ1v) is 6.02. The van der Waals surface area contributed by atoms with E-state index in [2.05, 4.69) is 40.5 Å². The van der Waals surface area contributed by atoms with Gasteiger partial charge >= 0.3 is 0 Å². The number of hydrogen-bond acceptors (Lipinski definition) is 1. The van der Waals surface area contributed by atoms with Crippen LogP contribution in [0.1, 0.15) is 12.5 Å². The molecule has 1 aromatic heterocycles. The van der Waals surface area contributed by atoms with Crippen LogP contribution in [0, 0.1) is 0 Å². The SMILES string of the molecule is CCn1scc1-c1ccc(CCl)cc1. The highest BCUT2D eigenvalue weighted by Gasteiger charge is 2.05. The van der Waals surface area contributed by atoms with Crippen molar-refractivity contribution in [2.24, 2.45) is 0 Å². The Morgan fingerprint density at radius 1 is 1.29 bits per heavy atom. The zero-order valence-electron chi connectivity index (χ0n) is 8.03. The van der Waals surface area contributed by atoms with Gasteiger partial charge in [0.25, 0.3) is 0 Å². The lowest BCUT2D eigenvalue weighted by atomic mass is 10.1. The van der Waals surface area contributed by atoms with Crippen LogP contribution in [0.15, 0.2) is 29.6 Å². The molecule has 0 spiro atoms. The quantitative estimate of drug-likeness (QED) is 0.697. The summed E-state index contributed by atoms with van der Waals surface area (Å²) in [5, 5.41) is 2.18. The average Bonchev–Trinajstić information content (AvgIpc) is 2.18. The number of benzene rings is 1. The van der Waals surface area contributed by atoms with Crippen LogP contribution >= 0.6 is 23.1 Å². The van der Waals surface area contributed by atoms with Gasteiger partial charge in [-0.3, -0.25) is 3.96 Å². The molecular formula is C11H12ClNS. The van der Waals surface area contributed by atoms with Crippen LogP contribution in [0.3, 0.4) is 0 Å². The van der Waals surface area contributed by atoms with Gasteiger partial charge < -0.3 is 0 Å². The van der Waals surface area contributed by atoms with Gasteiger partial charge in [0, 0.05) is 17.8 Å². The Bertz CT molecular complexity index is 399. The lowest BCUT2D eigenvalue weighted by Crippen LogP contribution is -1.99. The van der Waals surface area contributed by atoms with Gasteiger partial charge in [0.15, 0.2) is 0 Å². The molecule has 1 aromatic carbocycles. The van der Waals surface area contributed by atoms with Crippen LogP contribution in [0.25, 0.3) is 11.3 Å². The first-order valence-electron chi connectivity index (χ1n) is 4.65. The highest BCUT2D eigenvalue weighted by Crippen LogP contribution is 2.26. The standard InChI is InChI=1S/C11H12ClNS/c1-2-13-11(8-14-13)10-5-3-9(7-12)4-6-10/h3-6,8H,2,7H2,1H3. The van der Waals surface area contributed by atoms with Crippen molar-refractivity contribution in [2.45, 2.75) is 19.3 Å². The molecule has 1 nitrogen and oxygen atoms in total. The minimum atomic E-state index is 0.589. The zero-order valence-corrected chi connectivity index (χ0v) is 9.61. The lowest BCUT2D eigenvalue weighted by Gasteiger charge is -2.14. The van der Waals surface area contributed by atoms with Crippen LogP contribution in [0.2, 0.25) is 0 Å². The second-order valence-corrected chi connectivity index (χ2v) is 4.29. The maximum Gasteiger partial charge on any atom is 0.0693 e. The molecule has 0 aliphatic rings. The molecule has 0 bridgehead atoms. The second-order valence-electron chi connectivity index (χ2n) is 3.13. The fourth-order valence-corrected chi connectivity index (χ4v) is 2.33. The van der Waals surface area contributed by atoms with E-state index in [1.807, 2.05) is 0 Å². The fourth-order valence-electron chi connectivity index (χ4n) is 1.40. The van der Waals surface area contributed by atoms with Crippen LogP contribution in [0.4, 0.5) is 0 Å². The molecule has 0 aliphatic heterocycles. The van der Waals surface area contributed by atoms with Crippen molar-refractivity contribution in [3.05, 3.63) is 35.2 Å². The molecule has 0 saturated carbocycles. The van der Waals surface area contributed by atoms with Crippen molar-refractivity contribution in [1.29, 1.82) is 0 Å². The minimum absolute atomic E-state index is 0.589. The molecule has 0 unspecified atom stereocenters. The number of rotatable bonds is 3. The number of alkyl halides is 1. The van der Waals surface area contributed by atoms with Gasteiger partial charge in [0.05, 0.1) is 5.69 Å². The van der Waals surface area contributed by atoms with Gasteiger partial charge in [0.2, 0.25) is 0 Å². The molecule has 3 heteroatoms. The van der Waals surface area contributed by atoms with E-state index in [0.717, 1.165) is 6.54 Å². The van der Waals surface area contributed by atoms with E-state index >= 15 is 0 Å². The normalized spacial score (nSPS) is 10.7. The minimum Gasteiger partial charge on any atom is -0.297 e. The van der Waals surface area contributed by atoms with E-state index < -0.39 is 0 Å². The van der Waals surface area contributed by atoms with Crippen molar-refractivity contribution in [3.8, 4) is 11.3 Å². The molecule has 74 valence electrons. The summed E-state index contributed by atoms with van der Waals surface area (Å²) in [5.74, 6) is 0.589. The van der Waals surface area contributed by atoms with Gasteiger partial charge in [0.1, 0.15) is 0 Å². The van der Waals surface area contributed by atoms with E-state index in [4.69, 9.17) is 11.6 Å². The number of hydrogen-bond donors (Lipinski definition) is 0. The highest BCUT2D eigenvalue weighted by molar-refractivity contribution is 7.06. The molecule has 0 atom stereocenters. The summed E-state index contributed by atoms with van der Waals surface area (Å²) in [4.78, 5) is 0. The molecule has 1 heterocycles. The van der Waals surface area contributed by atoms with Crippen molar-refractivity contribution in [3.63, 3.8) is 0 Å². The Morgan fingerprint density at radius 3 is 2.43 bits per heavy atom. The van der Waals surface area contributed by atoms with Crippen LogP contribution < -0.4 is 0 Å². The number of halogens is 1. The molecule has 0 N–H and O–H groups in total. The van der Waals surface area contributed by atoms with E-state index in [1.54, 1.807) is 11.5 Å². The third kappa shape index (κ3) is 1.72. The number of aryl methyl sites for hydroxylation is 1. The van der Waals surface area contributed by atoms with Crippen LogP contribution in [-0.4, -0.2) is 3.96 Å². The summed E-state index contributed by atoms with van der Waals surface area (Å²) in [6.07, 6.45) is 0. The highest BCUT2D eigenvalue weighted by atomic mass is 35.5. The van der Waals surface area contributed by atoms with Gasteiger partial charge in [-0.1, -0.05) is 35.8 Å². The van der Waals surface area contributed by atoms with Gasteiger partial charge in [-0.25, -0.2) is 0 Å². The van der Waals surface area contributed by atoms with Gasteiger partial charge in [-0.05, 0) is 18.1 Å². The smallest absolute Gasteiger partial charge is 0.0693 e. The van der Waals surface area contributed by atoms with E-state index in [-0.39, 0.29) is 0 Å². The van der Waals surface area contributed by atoms with Gasteiger partial charge in [-0.15, -0.1) is 11.6 Å². The molecule has 14 heavy (non-hydrogen) atoms. The van der Waals surface area contributed by atoms with Crippen LogP contribution in [0.5, 0.6) is 0 Å². The first kappa shape index (κ1) is 9.81. The maximum absolute atomic E-state index is 5.73. The molecule has 0 fully saturated rings. The third-order valence-corrected chi connectivity index (χ3v) is 3.60. The Labute approximate surface area is 93.1 Å². The largest absolute Gasteiger partial charge is 0.297 e. The number of aromatic nitrogens is 1. The Balaban J connectivity index is 2.27. The summed E-state index contributed by atoms with van der Waals surface area (Å²) in [6, 6.07) is 8.43. The van der Waals surface area contributed by atoms with Crippen molar-refractivity contribution in [1.82, 2.24) is 3.96 Å². The molecule has 0 saturated heterocycles. The Hall–Kier alpha value is -0.730. The zero-order chi connectivity index (χ0) is 9.97. The van der Waals surface area contributed by atoms with E-state index in [9.17, 15) is 0 Å². The summed E-state index contributed by atoms with van der Waals surface area (Å²) < 4.78 is 2.27. The molecule has 2 aromatic rings. The van der Waals surface area contributed by atoms with Crippen molar-refractivity contribution >= 4 is 23.1 Å². The first-order chi connectivity index (χ1) is 6.85. The molecule has 0 aliphatic carbocycles. The lowest BCUT2D eigenvalue weighted by molar-refractivity contribution is 0.832. The summed E-state index contributed by atoms with van der Waals surface area (Å²) in [5.41, 5.74) is 3.77. The van der Waals surface area contributed by atoms with Crippen molar-refractivity contribution < 1.29 is 0 Å². The summed E-state index contributed by atoms with van der Waals surface area (Å²) in [7, 11) is 0. The molecule has 2 rings (SSSR count). The number of nitrogens with zero attached hydrogens (tertiary/aromatic N) is 1. The van der Waals surface area contributed by atoms with Crippen molar-refractivity contribution in [2.75, 3.05) is 0 Å². The van der Waals surface area contributed by atoms with Crippen LogP contribution in [-0.2, 0) is 12.4 Å². The summed E-state index contributed by atoms with van der Waals surface area (Å²) in [6.45, 7) is 3.21. The van der Waals surface area contributed by atoms with Gasteiger partial charge in [-0.2, -0.15) is 0 Å². The topological polar surface area (TPSA) is 4.93 Å². The molecule has 0 radical (unpaired) electrons. The third-order valence-electron chi connectivity index (χ3n) is 2.25. The maximum atomic E-state index is 5.73. The molecular weight excluding hydrogens is 214 g/mol. The second kappa shape index (κ2) is 4.20. The molecule has 0 amide bonds. The van der Waals surface area contributed by atoms with E-state index in [1.165, 1.54) is 16.8 Å². The van der Waals surface area contributed by atoms with E-state index in [0.29, 0.717) is 5.88 Å². The predicted molar refractivity (Wildman–Crippen MR) is 63.0 cm³/mol. The predicted octanol–water partition coefficient (Wildman–Crippen LogP) is 3.98. The average molecular weight is 226 g/mol. The fraction of sp³-hybridized carbons (Fsp3) is 0.273. The monoisotopic (exact) mass is 225 g/mol. The summed E-state index contributed by atoms with van der Waals surface area (Å²) >= 11 is 7.50. The Morgan fingerprint density at radius 2 is 2.00 bits per heavy atom. The Kier molecular flexibility index (Phi) is 2.94.